The summed E-state index contributed by atoms with van der Waals surface area (Å²) in [6.45, 7) is 12.6. The minimum absolute atomic E-state index is 0.163. The Balaban J connectivity index is 1.19. The fourth-order valence-corrected chi connectivity index (χ4v) is 8.23. The number of hydrogen-bond donors (Lipinski definition) is 3. The van der Waals surface area contributed by atoms with Crippen molar-refractivity contribution in [2.75, 3.05) is 6.54 Å². The molecule has 0 bridgehead atoms. The number of aromatic nitrogens is 2. The van der Waals surface area contributed by atoms with Gasteiger partial charge in [0.05, 0.1) is 33.8 Å². The van der Waals surface area contributed by atoms with Crippen molar-refractivity contribution in [2.45, 2.75) is 77.7 Å². The maximum Gasteiger partial charge on any atom is 0.497 e. The summed E-state index contributed by atoms with van der Waals surface area (Å²) in [6.07, 6.45) is 2.23. The maximum absolute atomic E-state index is 13.3. The molecule has 2 saturated heterocycles. The molecule has 5 heterocycles. The molecule has 3 aromatic heterocycles. The zero-order chi connectivity index (χ0) is 30.7. The smallest absolute Gasteiger partial charge is 0.465 e. The van der Waals surface area contributed by atoms with E-state index in [9.17, 15) is 14.7 Å². The van der Waals surface area contributed by atoms with E-state index < -0.39 is 12.1 Å². The second kappa shape index (κ2) is 11.1. The number of aromatic amines is 1. The van der Waals surface area contributed by atoms with Crippen molar-refractivity contribution in [3.63, 3.8) is 0 Å². The lowest BCUT2D eigenvalue weighted by Crippen LogP contribution is -2.50. The molecule has 2 fully saturated rings. The Hall–Kier alpha value is -3.19. The lowest BCUT2D eigenvalue weighted by atomic mass is 9.81. The van der Waals surface area contributed by atoms with Crippen LogP contribution >= 0.6 is 22.7 Å². The first kappa shape index (κ1) is 29.9. The van der Waals surface area contributed by atoms with E-state index in [0.29, 0.717) is 6.54 Å². The summed E-state index contributed by atoms with van der Waals surface area (Å²) in [5.41, 5.74) is 4.53. The third-order valence-corrected chi connectivity index (χ3v) is 11.2. The number of benzene rings is 1. The fraction of sp³-hybridized carbons (Fsp3) is 0.452. The van der Waals surface area contributed by atoms with Crippen LogP contribution in [0.3, 0.4) is 0 Å². The van der Waals surface area contributed by atoms with Gasteiger partial charge in [0.15, 0.2) is 0 Å². The largest absolute Gasteiger partial charge is 0.497 e. The number of H-pyrrole nitrogens is 1. The third kappa shape index (κ3) is 5.39. The van der Waals surface area contributed by atoms with Crippen LogP contribution in [0, 0.1) is 5.92 Å². The van der Waals surface area contributed by atoms with Crippen molar-refractivity contribution >= 4 is 56.7 Å². The average molecular weight is 621 g/mol. The van der Waals surface area contributed by atoms with Crippen LogP contribution in [0.2, 0.25) is 0 Å². The molecule has 2 atom stereocenters. The fourth-order valence-electron chi connectivity index (χ4n) is 5.79. The predicted octanol–water partition coefficient (Wildman–Crippen LogP) is 6.27. The second-order valence-corrected chi connectivity index (χ2v) is 14.5. The SMILES string of the molecule is CC(C)[C@H](NC(=O)O)C(=O)N1CCC[C@H]1c1ncc(-c2ccc(-c3csc4c(B5OC(C)(C)C(C)(C)O5)csc34)cc2)[nH]1. The van der Waals surface area contributed by atoms with Gasteiger partial charge in [-0.2, -0.15) is 0 Å². The molecule has 2 amide bonds. The highest BCUT2D eigenvalue weighted by molar-refractivity contribution is 7.29. The number of carboxylic acid groups (broad SMARTS) is 1. The molecule has 2 aliphatic rings. The Bertz CT molecular complexity index is 1640. The van der Waals surface area contributed by atoms with Crippen LogP contribution in [-0.4, -0.2) is 62.9 Å². The predicted molar refractivity (Wildman–Crippen MR) is 172 cm³/mol. The van der Waals surface area contributed by atoms with Gasteiger partial charge in [-0.3, -0.25) is 4.79 Å². The first-order valence-electron chi connectivity index (χ1n) is 14.7. The first-order valence-corrected chi connectivity index (χ1v) is 16.4. The molecule has 0 saturated carbocycles. The molecule has 9 nitrogen and oxygen atoms in total. The average Bonchev–Trinajstić information content (AvgIpc) is 3.75. The monoisotopic (exact) mass is 620 g/mol. The highest BCUT2D eigenvalue weighted by atomic mass is 32.1. The molecule has 0 radical (unpaired) electrons. The number of imidazole rings is 1. The molecule has 1 aromatic carbocycles. The van der Waals surface area contributed by atoms with Crippen LogP contribution in [0.5, 0.6) is 0 Å². The van der Waals surface area contributed by atoms with E-state index in [2.05, 4.69) is 78.0 Å². The van der Waals surface area contributed by atoms with E-state index in [1.807, 2.05) is 13.8 Å². The van der Waals surface area contributed by atoms with E-state index >= 15 is 0 Å². The highest BCUT2D eigenvalue weighted by Gasteiger charge is 2.52. The van der Waals surface area contributed by atoms with Crippen LogP contribution in [0.4, 0.5) is 4.79 Å². The standard InChI is InChI=1S/C31H37BN4O5S2/c1-17(2)24(35-29(38)39)28(37)36-13-7-8-23(36)27-33-14-22(34-27)19-11-9-18(10-12-19)20-15-42-26-21(16-43-25(20)26)32-40-30(3,4)31(5,6)41-32/h9-12,14-17,23-24,35H,7-8,13H2,1-6H3,(H,33,34)(H,38,39)/t23-,24-/m0/s1. The summed E-state index contributed by atoms with van der Waals surface area (Å²) in [4.78, 5) is 34.4. The number of nitrogens with one attached hydrogen (secondary N) is 2. The van der Waals surface area contributed by atoms with E-state index in [-0.39, 0.29) is 36.2 Å². The minimum Gasteiger partial charge on any atom is -0.465 e. The van der Waals surface area contributed by atoms with Gasteiger partial charge in [0.2, 0.25) is 5.91 Å². The first-order chi connectivity index (χ1) is 20.4. The van der Waals surface area contributed by atoms with E-state index in [1.165, 1.54) is 15.0 Å². The van der Waals surface area contributed by atoms with E-state index in [0.717, 1.165) is 40.9 Å². The number of nitrogens with zero attached hydrogens (tertiary/aromatic N) is 2. The van der Waals surface area contributed by atoms with Gasteiger partial charge in [0.25, 0.3) is 0 Å². The lowest BCUT2D eigenvalue weighted by molar-refractivity contribution is -0.135. The van der Waals surface area contributed by atoms with Gasteiger partial charge in [0.1, 0.15) is 11.9 Å². The zero-order valence-electron chi connectivity index (χ0n) is 25.3. The van der Waals surface area contributed by atoms with Gasteiger partial charge in [0, 0.05) is 27.7 Å². The summed E-state index contributed by atoms with van der Waals surface area (Å²) in [6, 6.07) is 7.42. The molecule has 6 rings (SSSR count). The van der Waals surface area contributed by atoms with Gasteiger partial charge in [-0.05, 0) is 63.0 Å². The topological polar surface area (TPSA) is 117 Å². The molecule has 0 unspecified atom stereocenters. The number of thiophene rings is 2. The van der Waals surface area contributed by atoms with Gasteiger partial charge in [-0.15, -0.1) is 22.7 Å². The van der Waals surface area contributed by atoms with E-state index in [1.54, 1.807) is 33.8 Å². The van der Waals surface area contributed by atoms with Crippen molar-refractivity contribution in [3.8, 4) is 22.4 Å². The summed E-state index contributed by atoms with van der Waals surface area (Å²) in [5.74, 6) is 0.347. The minimum atomic E-state index is -1.20. The van der Waals surface area contributed by atoms with Crippen LogP contribution in [0.25, 0.3) is 31.8 Å². The zero-order valence-corrected chi connectivity index (χ0v) is 26.9. The molecule has 12 heteroatoms. The van der Waals surface area contributed by atoms with E-state index in [4.69, 9.17) is 9.31 Å². The normalized spacial score (nSPS) is 20.3. The van der Waals surface area contributed by atoms with Gasteiger partial charge in [-0.1, -0.05) is 38.1 Å². The highest BCUT2D eigenvalue weighted by Crippen LogP contribution is 2.41. The molecule has 226 valence electrons. The number of carbonyl (C=O) groups is 2. The summed E-state index contributed by atoms with van der Waals surface area (Å²) in [5, 5.41) is 16.0. The number of carbonyl (C=O) groups excluding carboxylic acids is 1. The van der Waals surface area contributed by atoms with Crippen LogP contribution in [0.15, 0.2) is 41.2 Å². The van der Waals surface area contributed by atoms with Gasteiger partial charge < -0.3 is 29.6 Å². The number of hydrogen-bond acceptors (Lipinski definition) is 7. The maximum atomic E-state index is 13.3. The molecular formula is C31H37BN4O5S2. The Morgan fingerprint density at radius 3 is 2.37 bits per heavy atom. The number of amides is 2. The molecule has 0 spiro atoms. The number of likely N-dealkylation sites (tertiary alicyclic amines) is 1. The summed E-state index contributed by atoms with van der Waals surface area (Å²) >= 11 is 3.44. The second-order valence-electron chi connectivity index (χ2n) is 12.7. The van der Waals surface area contributed by atoms with Crippen molar-refractivity contribution in [3.05, 3.63) is 47.0 Å². The van der Waals surface area contributed by atoms with Crippen molar-refractivity contribution in [1.82, 2.24) is 20.2 Å². The Kier molecular flexibility index (Phi) is 7.69. The number of fused-ring (bicyclic) bond motifs is 1. The van der Waals surface area contributed by atoms with Crippen molar-refractivity contribution < 1.29 is 24.0 Å². The van der Waals surface area contributed by atoms with Crippen molar-refractivity contribution in [1.29, 1.82) is 0 Å². The third-order valence-electron chi connectivity index (χ3n) is 8.98. The molecular weight excluding hydrogens is 583 g/mol. The Morgan fingerprint density at radius 1 is 1.07 bits per heavy atom. The van der Waals surface area contributed by atoms with Gasteiger partial charge in [-0.25, -0.2) is 9.78 Å². The number of rotatable bonds is 7. The molecule has 0 aliphatic carbocycles. The molecule has 43 heavy (non-hydrogen) atoms. The van der Waals surface area contributed by atoms with Crippen LogP contribution in [0.1, 0.15) is 66.3 Å². The molecule has 4 aromatic rings. The quantitative estimate of drug-likeness (QED) is 0.210. The Morgan fingerprint density at radius 2 is 1.72 bits per heavy atom. The van der Waals surface area contributed by atoms with Crippen LogP contribution < -0.4 is 10.8 Å². The molecule has 2 aliphatic heterocycles. The van der Waals surface area contributed by atoms with Crippen molar-refractivity contribution in [2.24, 2.45) is 5.92 Å². The van der Waals surface area contributed by atoms with Crippen LogP contribution in [-0.2, 0) is 14.1 Å². The molecule has 3 N–H and O–H groups in total. The summed E-state index contributed by atoms with van der Waals surface area (Å²) in [7, 11) is -0.377. The van der Waals surface area contributed by atoms with Gasteiger partial charge >= 0.3 is 13.2 Å². The Labute approximate surface area is 259 Å². The summed E-state index contributed by atoms with van der Waals surface area (Å²) < 4.78 is 15.1. The lowest BCUT2D eigenvalue weighted by Gasteiger charge is -2.32.